The first-order chi connectivity index (χ1) is 33.2. The molecule has 0 saturated carbocycles. The second-order valence-corrected chi connectivity index (χ2v) is 17.9. The molecule has 0 radical (unpaired) electrons. The first-order valence-electron chi connectivity index (χ1n) is 23.3. The van der Waals surface area contributed by atoms with Crippen LogP contribution in [0.3, 0.4) is 0 Å². The van der Waals surface area contributed by atoms with Crippen LogP contribution in [0.5, 0.6) is 0 Å². The van der Waals surface area contributed by atoms with E-state index in [1.807, 2.05) is 6.07 Å². The SMILES string of the molecule is CCC1C(c2cccc3ccccc23)=NC(c2cc(-n3c4ccccc4c4cc5ccccc5cc43)cc3c2oc2ccccc23)=NC1c1ccc2c(c1)c1ccccc1n2-c1ccccc1. The number of fused-ring (bicyclic) bond motifs is 11. The minimum Gasteiger partial charge on any atom is -0.455 e. The highest BCUT2D eigenvalue weighted by Gasteiger charge is 2.34. The molecule has 2 unspecified atom stereocenters. The van der Waals surface area contributed by atoms with Crippen LogP contribution in [0.2, 0.25) is 0 Å². The maximum absolute atomic E-state index is 6.94. The van der Waals surface area contributed by atoms with Crippen LogP contribution in [-0.4, -0.2) is 20.7 Å². The smallest absolute Gasteiger partial charge is 0.159 e. The lowest BCUT2D eigenvalue weighted by Crippen LogP contribution is -2.28. The number of hydrogen-bond donors (Lipinski definition) is 0. The van der Waals surface area contributed by atoms with E-state index in [1.165, 1.54) is 54.1 Å². The van der Waals surface area contributed by atoms with Crippen LogP contribution >= 0.6 is 0 Å². The largest absolute Gasteiger partial charge is 0.455 e. The Labute approximate surface area is 386 Å². The van der Waals surface area contributed by atoms with Crippen molar-refractivity contribution < 1.29 is 4.42 Å². The van der Waals surface area contributed by atoms with E-state index in [2.05, 4.69) is 222 Å². The summed E-state index contributed by atoms with van der Waals surface area (Å²) in [4.78, 5) is 11.6. The highest BCUT2D eigenvalue weighted by Crippen LogP contribution is 2.44. The van der Waals surface area contributed by atoms with Gasteiger partial charge in [0.05, 0.1) is 39.4 Å². The van der Waals surface area contributed by atoms with E-state index in [0.717, 1.165) is 73.2 Å². The summed E-state index contributed by atoms with van der Waals surface area (Å²) in [5.74, 6) is 0.663. The molecule has 2 atom stereocenters. The van der Waals surface area contributed by atoms with Crippen molar-refractivity contribution in [1.29, 1.82) is 0 Å². The summed E-state index contributed by atoms with van der Waals surface area (Å²) in [6.07, 6.45) is 0.850. The summed E-state index contributed by atoms with van der Waals surface area (Å²) in [7, 11) is 0. The summed E-state index contributed by atoms with van der Waals surface area (Å²) in [5, 5.41) is 11.7. The van der Waals surface area contributed by atoms with Gasteiger partial charge < -0.3 is 13.6 Å². The molecule has 3 aromatic heterocycles. The molecule has 0 fully saturated rings. The number of benzene rings is 10. The molecule has 316 valence electrons. The zero-order chi connectivity index (χ0) is 44.2. The van der Waals surface area contributed by atoms with Crippen LogP contribution in [0.4, 0.5) is 0 Å². The quantitative estimate of drug-likeness (QED) is 0.164. The maximum atomic E-state index is 6.94. The van der Waals surface area contributed by atoms with Crippen molar-refractivity contribution in [3.8, 4) is 11.4 Å². The zero-order valence-electron chi connectivity index (χ0n) is 36.8. The highest BCUT2D eigenvalue weighted by molar-refractivity contribution is 6.24. The van der Waals surface area contributed by atoms with Gasteiger partial charge in [-0.15, -0.1) is 0 Å². The topological polar surface area (TPSA) is 47.7 Å². The number of nitrogens with zero attached hydrogens (tertiary/aromatic N) is 4. The Balaban J connectivity index is 1.06. The van der Waals surface area contributed by atoms with E-state index in [9.17, 15) is 0 Å². The van der Waals surface area contributed by atoms with Gasteiger partial charge in [-0.2, -0.15) is 0 Å². The van der Waals surface area contributed by atoms with Gasteiger partial charge in [-0.25, -0.2) is 4.99 Å². The Bertz CT molecular complexity index is 4220. The first-order valence-corrected chi connectivity index (χ1v) is 23.3. The normalized spacial score (nSPS) is 15.5. The molecular formula is C62H42N4O. The van der Waals surface area contributed by atoms with Crippen molar-refractivity contribution in [2.45, 2.75) is 19.4 Å². The predicted octanol–water partition coefficient (Wildman–Crippen LogP) is 16.1. The molecule has 1 aliphatic heterocycles. The van der Waals surface area contributed by atoms with Gasteiger partial charge in [0.15, 0.2) is 5.84 Å². The number of furan rings is 1. The van der Waals surface area contributed by atoms with Crippen molar-refractivity contribution in [2.24, 2.45) is 15.9 Å². The Kier molecular flexibility index (Phi) is 8.32. The minimum absolute atomic E-state index is 0.00515. The van der Waals surface area contributed by atoms with Gasteiger partial charge in [-0.1, -0.05) is 153 Å². The van der Waals surface area contributed by atoms with Crippen LogP contribution in [0.25, 0.3) is 98.5 Å². The van der Waals surface area contributed by atoms with Gasteiger partial charge in [-0.05, 0) is 100 Å². The van der Waals surface area contributed by atoms with Crippen molar-refractivity contribution >= 4 is 98.6 Å². The molecule has 0 N–H and O–H groups in total. The summed E-state index contributed by atoms with van der Waals surface area (Å²) in [5.41, 5.74) is 12.6. The molecule has 10 aromatic carbocycles. The van der Waals surface area contributed by atoms with Crippen LogP contribution in [0.1, 0.15) is 36.1 Å². The van der Waals surface area contributed by atoms with E-state index < -0.39 is 0 Å². The van der Waals surface area contributed by atoms with Crippen LogP contribution < -0.4 is 0 Å². The van der Waals surface area contributed by atoms with Crippen molar-refractivity contribution in [2.75, 3.05) is 0 Å². The fourth-order valence-corrected chi connectivity index (χ4v) is 11.2. The van der Waals surface area contributed by atoms with Crippen molar-refractivity contribution in [3.05, 3.63) is 229 Å². The van der Waals surface area contributed by atoms with Gasteiger partial charge >= 0.3 is 0 Å². The molecule has 67 heavy (non-hydrogen) atoms. The van der Waals surface area contributed by atoms with Crippen molar-refractivity contribution in [1.82, 2.24) is 9.13 Å². The van der Waals surface area contributed by atoms with E-state index in [-0.39, 0.29) is 12.0 Å². The lowest BCUT2D eigenvalue weighted by atomic mass is 9.81. The Morgan fingerprint density at radius 3 is 1.82 bits per heavy atom. The number of para-hydroxylation sites is 4. The molecule has 0 spiro atoms. The van der Waals surface area contributed by atoms with Gasteiger partial charge in [0.2, 0.25) is 0 Å². The van der Waals surface area contributed by atoms with Gasteiger partial charge in [0.25, 0.3) is 0 Å². The monoisotopic (exact) mass is 858 g/mol. The molecule has 0 bridgehead atoms. The van der Waals surface area contributed by atoms with E-state index in [0.29, 0.717) is 5.84 Å². The number of hydrogen-bond acceptors (Lipinski definition) is 3. The third-order valence-electron chi connectivity index (χ3n) is 14.3. The van der Waals surface area contributed by atoms with E-state index in [1.54, 1.807) is 0 Å². The number of aliphatic imine (C=N–C) groups is 2. The third kappa shape index (κ3) is 5.74. The standard InChI is InChI=1S/C62H42N4O/c1-2-44-59(41-31-32-56-50(34-41)46-24-10-13-28-54(46)65(56)42-21-4-3-5-22-42)63-62(64-60(44)49-27-16-20-38-17-8-9-23-45(38)49)53-37-43(36-52-48-26-12-15-30-58(48)67-61(52)53)66-55-29-14-11-25-47(55)51-33-39-18-6-7-19-40(39)35-57(51)66/h3-37,44,59H,2H2,1H3. The van der Waals surface area contributed by atoms with E-state index in [4.69, 9.17) is 14.4 Å². The second kappa shape index (κ2) is 14.7. The van der Waals surface area contributed by atoms with E-state index >= 15 is 0 Å². The average molecular weight is 859 g/mol. The molecule has 4 heterocycles. The zero-order valence-corrected chi connectivity index (χ0v) is 36.8. The first kappa shape index (κ1) is 37.8. The molecule has 14 rings (SSSR count). The molecular weight excluding hydrogens is 817 g/mol. The fraction of sp³-hybridized carbons (Fsp3) is 0.0645. The summed E-state index contributed by atoms with van der Waals surface area (Å²) in [6.45, 7) is 2.28. The van der Waals surface area contributed by atoms with Gasteiger partial charge in [0, 0.05) is 55.2 Å². The predicted molar refractivity (Wildman–Crippen MR) is 280 cm³/mol. The Hall–Kier alpha value is -8.54. The Morgan fingerprint density at radius 1 is 0.433 bits per heavy atom. The Morgan fingerprint density at radius 2 is 1.04 bits per heavy atom. The summed E-state index contributed by atoms with van der Waals surface area (Å²) in [6, 6.07) is 76.5. The number of rotatable bonds is 6. The second-order valence-electron chi connectivity index (χ2n) is 17.9. The third-order valence-corrected chi connectivity index (χ3v) is 14.3. The summed E-state index contributed by atoms with van der Waals surface area (Å²) < 4.78 is 11.7. The number of aromatic nitrogens is 2. The van der Waals surface area contributed by atoms with Crippen LogP contribution in [0, 0.1) is 5.92 Å². The molecule has 0 aliphatic carbocycles. The minimum atomic E-state index is -0.239. The molecule has 5 nitrogen and oxygen atoms in total. The molecule has 0 amide bonds. The highest BCUT2D eigenvalue weighted by atomic mass is 16.3. The van der Waals surface area contributed by atoms with Crippen LogP contribution in [-0.2, 0) is 0 Å². The fourth-order valence-electron chi connectivity index (χ4n) is 11.2. The lowest BCUT2D eigenvalue weighted by Gasteiger charge is -2.30. The maximum Gasteiger partial charge on any atom is 0.159 e. The summed E-state index contributed by atoms with van der Waals surface area (Å²) >= 11 is 0. The molecule has 5 heteroatoms. The van der Waals surface area contributed by atoms with Crippen molar-refractivity contribution in [3.63, 3.8) is 0 Å². The van der Waals surface area contributed by atoms with Gasteiger partial charge in [0.1, 0.15) is 11.2 Å². The van der Waals surface area contributed by atoms with Crippen LogP contribution in [0.15, 0.2) is 227 Å². The average Bonchev–Trinajstić information content (AvgIpc) is 4.04. The number of amidine groups is 1. The molecule has 1 aliphatic rings. The lowest BCUT2D eigenvalue weighted by molar-refractivity contribution is 0.533. The molecule has 0 saturated heterocycles. The molecule has 13 aromatic rings. The van der Waals surface area contributed by atoms with Gasteiger partial charge in [-0.3, -0.25) is 4.99 Å².